The van der Waals surface area contributed by atoms with Crippen molar-refractivity contribution in [3.63, 3.8) is 0 Å². The number of fused-ring (bicyclic) bond motifs is 1. The summed E-state index contributed by atoms with van der Waals surface area (Å²) in [4.78, 5) is 42.8. The number of imide groups is 2. The molecule has 0 unspecified atom stereocenters. The van der Waals surface area contributed by atoms with Gasteiger partial charge in [-0.3, -0.25) is 20.2 Å². The van der Waals surface area contributed by atoms with Gasteiger partial charge in [-0.05, 0) is 49.2 Å². The first-order valence-electron chi connectivity index (χ1n) is 10.9. The van der Waals surface area contributed by atoms with Crippen LogP contribution >= 0.6 is 0 Å². The highest BCUT2D eigenvalue weighted by Crippen LogP contribution is 2.36. The minimum atomic E-state index is -1.47. The molecule has 2 aliphatic rings. The van der Waals surface area contributed by atoms with Gasteiger partial charge in [-0.1, -0.05) is 0 Å². The topological polar surface area (TPSA) is 144 Å². The highest BCUT2D eigenvalue weighted by molar-refractivity contribution is 6.24. The summed E-state index contributed by atoms with van der Waals surface area (Å²) in [5.41, 5.74) is -0.0371. The molecule has 2 aliphatic heterocycles. The molecule has 2 N–H and O–H groups in total. The SMILES string of the molecule is O=C1NC(=O)C2(CCCN2c2ccc(Oc3ccc4c(cnn4-c4cccnn4)c3)nc2)C(=O)N1. The molecule has 12 heteroatoms. The van der Waals surface area contributed by atoms with Gasteiger partial charge in [0.15, 0.2) is 11.4 Å². The van der Waals surface area contributed by atoms with Crippen molar-refractivity contribution < 1.29 is 19.1 Å². The number of hydrogen-bond acceptors (Lipinski definition) is 9. The van der Waals surface area contributed by atoms with Gasteiger partial charge in [0.25, 0.3) is 11.8 Å². The maximum Gasteiger partial charge on any atom is 0.328 e. The highest BCUT2D eigenvalue weighted by atomic mass is 16.5. The van der Waals surface area contributed by atoms with E-state index in [0.29, 0.717) is 42.5 Å². The van der Waals surface area contributed by atoms with Crippen LogP contribution in [0.1, 0.15) is 12.8 Å². The van der Waals surface area contributed by atoms with Crippen molar-refractivity contribution in [3.05, 3.63) is 61.1 Å². The van der Waals surface area contributed by atoms with Crippen LogP contribution in [-0.4, -0.2) is 54.9 Å². The van der Waals surface area contributed by atoms with Crippen LogP contribution in [0.15, 0.2) is 61.1 Å². The van der Waals surface area contributed by atoms with Crippen molar-refractivity contribution in [1.29, 1.82) is 0 Å². The van der Waals surface area contributed by atoms with Crippen LogP contribution in [0.5, 0.6) is 11.6 Å². The molecule has 174 valence electrons. The molecule has 35 heavy (non-hydrogen) atoms. The second-order valence-corrected chi connectivity index (χ2v) is 8.17. The molecule has 4 amide bonds. The average molecular weight is 470 g/mol. The summed E-state index contributed by atoms with van der Waals surface area (Å²) in [5, 5.41) is 17.6. The number of hydrogen-bond donors (Lipinski definition) is 2. The molecular formula is C23H18N8O4. The van der Waals surface area contributed by atoms with Crippen LogP contribution in [0, 0.1) is 0 Å². The lowest BCUT2D eigenvalue weighted by Gasteiger charge is -2.38. The minimum Gasteiger partial charge on any atom is -0.439 e. The lowest BCUT2D eigenvalue weighted by molar-refractivity contribution is -0.137. The van der Waals surface area contributed by atoms with E-state index >= 15 is 0 Å². The number of amides is 4. The predicted molar refractivity (Wildman–Crippen MR) is 122 cm³/mol. The quantitative estimate of drug-likeness (QED) is 0.426. The van der Waals surface area contributed by atoms with Crippen LogP contribution in [-0.2, 0) is 9.59 Å². The number of rotatable bonds is 4. The van der Waals surface area contributed by atoms with Gasteiger partial charge in [-0.15, -0.1) is 5.10 Å². The molecule has 12 nitrogen and oxygen atoms in total. The molecule has 6 rings (SSSR count). The molecule has 1 aromatic carbocycles. The Balaban J connectivity index is 1.23. The summed E-state index contributed by atoms with van der Waals surface area (Å²) in [6.07, 6.45) is 5.78. The Morgan fingerprint density at radius 3 is 2.60 bits per heavy atom. The molecule has 3 aromatic heterocycles. The van der Waals surface area contributed by atoms with E-state index in [1.54, 1.807) is 52.4 Å². The molecule has 2 saturated heterocycles. The third kappa shape index (κ3) is 3.34. The number of carbonyl (C=O) groups is 3. The monoisotopic (exact) mass is 470 g/mol. The van der Waals surface area contributed by atoms with Gasteiger partial charge < -0.3 is 9.64 Å². The molecule has 4 aromatic rings. The van der Waals surface area contributed by atoms with E-state index in [4.69, 9.17) is 4.74 Å². The predicted octanol–water partition coefficient (Wildman–Crippen LogP) is 1.71. The standard InChI is InChI=1S/C23H18N8O4/c32-20-23(21(33)28-22(34)27-20)8-2-10-30(23)15-4-7-19(24-13-15)35-16-5-6-17-14(11-16)12-26-31(17)18-3-1-9-25-29-18/h1,3-7,9,11-13H,2,8,10H2,(H2,27,28,32,33,34). The van der Waals surface area contributed by atoms with E-state index in [1.807, 2.05) is 18.2 Å². The summed E-state index contributed by atoms with van der Waals surface area (Å²) in [6.45, 7) is 0.476. The molecule has 1 spiro atoms. The van der Waals surface area contributed by atoms with Crippen molar-refractivity contribution in [2.24, 2.45) is 0 Å². The number of anilines is 1. The fraction of sp³-hybridized carbons (Fsp3) is 0.174. The zero-order valence-electron chi connectivity index (χ0n) is 18.2. The number of ether oxygens (including phenoxy) is 1. The number of barbiturate groups is 1. The van der Waals surface area contributed by atoms with E-state index < -0.39 is 23.4 Å². The van der Waals surface area contributed by atoms with Gasteiger partial charge in [0.2, 0.25) is 5.88 Å². The number of nitrogens with one attached hydrogen (secondary N) is 2. The Kier molecular flexibility index (Phi) is 4.66. The smallest absolute Gasteiger partial charge is 0.328 e. The van der Waals surface area contributed by atoms with E-state index in [9.17, 15) is 14.4 Å². The first kappa shape index (κ1) is 20.7. The Morgan fingerprint density at radius 2 is 1.86 bits per heavy atom. The van der Waals surface area contributed by atoms with E-state index in [-0.39, 0.29) is 0 Å². The summed E-state index contributed by atoms with van der Waals surface area (Å²) in [7, 11) is 0. The van der Waals surface area contributed by atoms with Gasteiger partial charge in [0, 0.05) is 24.2 Å². The Morgan fingerprint density at radius 1 is 1.00 bits per heavy atom. The Labute approximate surface area is 197 Å². The molecule has 0 atom stereocenters. The lowest BCUT2D eigenvalue weighted by atomic mass is 9.92. The number of pyridine rings is 1. The van der Waals surface area contributed by atoms with Crippen LogP contribution in [0.2, 0.25) is 0 Å². The largest absolute Gasteiger partial charge is 0.439 e. The van der Waals surface area contributed by atoms with E-state index in [0.717, 1.165) is 10.9 Å². The van der Waals surface area contributed by atoms with Crippen LogP contribution < -0.4 is 20.3 Å². The maximum atomic E-state index is 12.6. The molecule has 5 heterocycles. The van der Waals surface area contributed by atoms with Crippen molar-refractivity contribution in [1.82, 2.24) is 35.6 Å². The third-order valence-electron chi connectivity index (χ3n) is 6.16. The van der Waals surface area contributed by atoms with Crippen molar-refractivity contribution >= 4 is 34.4 Å². The van der Waals surface area contributed by atoms with Crippen molar-refractivity contribution in [2.45, 2.75) is 18.4 Å². The van der Waals surface area contributed by atoms with Crippen molar-refractivity contribution in [3.8, 4) is 17.4 Å². The van der Waals surface area contributed by atoms with E-state index in [1.165, 1.54) is 0 Å². The molecular weight excluding hydrogens is 452 g/mol. The number of nitrogens with zero attached hydrogens (tertiary/aromatic N) is 6. The number of aromatic nitrogens is 5. The number of carbonyl (C=O) groups excluding carboxylic acids is 3. The van der Waals surface area contributed by atoms with Gasteiger partial charge in [0.05, 0.1) is 23.6 Å². The van der Waals surface area contributed by atoms with Gasteiger partial charge >= 0.3 is 6.03 Å². The Bertz CT molecular complexity index is 1450. The minimum absolute atomic E-state index is 0.304. The normalized spacial score (nSPS) is 17.0. The summed E-state index contributed by atoms with van der Waals surface area (Å²) < 4.78 is 7.61. The van der Waals surface area contributed by atoms with Gasteiger partial charge in [-0.2, -0.15) is 10.2 Å². The number of urea groups is 1. The first-order valence-corrected chi connectivity index (χ1v) is 10.9. The second-order valence-electron chi connectivity index (χ2n) is 8.17. The lowest BCUT2D eigenvalue weighted by Crippen LogP contribution is -2.71. The maximum absolute atomic E-state index is 12.6. The second kappa shape index (κ2) is 7.87. The average Bonchev–Trinajstić information content (AvgIpc) is 3.49. The van der Waals surface area contributed by atoms with Crippen LogP contribution in [0.4, 0.5) is 10.5 Å². The fourth-order valence-corrected chi connectivity index (χ4v) is 4.56. The highest BCUT2D eigenvalue weighted by Gasteiger charge is 2.57. The van der Waals surface area contributed by atoms with Crippen molar-refractivity contribution in [2.75, 3.05) is 11.4 Å². The zero-order valence-corrected chi connectivity index (χ0v) is 18.2. The van der Waals surface area contributed by atoms with Gasteiger partial charge in [-0.25, -0.2) is 14.5 Å². The fourth-order valence-electron chi connectivity index (χ4n) is 4.56. The third-order valence-corrected chi connectivity index (χ3v) is 6.16. The van der Waals surface area contributed by atoms with E-state index in [2.05, 4.69) is 30.9 Å². The molecule has 0 saturated carbocycles. The molecule has 0 bridgehead atoms. The first-order chi connectivity index (χ1) is 17.0. The van der Waals surface area contributed by atoms with Crippen LogP contribution in [0.3, 0.4) is 0 Å². The number of benzene rings is 1. The molecule has 0 aliphatic carbocycles. The van der Waals surface area contributed by atoms with Crippen LogP contribution in [0.25, 0.3) is 16.7 Å². The summed E-state index contributed by atoms with van der Waals surface area (Å²) >= 11 is 0. The molecule has 0 radical (unpaired) electrons. The summed E-state index contributed by atoms with van der Waals surface area (Å²) in [5.74, 6) is 0.269. The van der Waals surface area contributed by atoms with Gasteiger partial charge in [0.1, 0.15) is 5.75 Å². The molecule has 2 fully saturated rings. The Hall–Kier alpha value is -4.87. The zero-order chi connectivity index (χ0) is 24.0. The summed E-state index contributed by atoms with van der Waals surface area (Å²) in [6, 6.07) is 11.7.